The van der Waals surface area contributed by atoms with Crippen molar-refractivity contribution in [3.8, 4) is 0 Å². The fraction of sp³-hybridized carbons (Fsp3) is 0.677. The summed E-state index contributed by atoms with van der Waals surface area (Å²) >= 11 is 0. The van der Waals surface area contributed by atoms with Gasteiger partial charge in [-0.15, -0.1) is 18.5 Å². The summed E-state index contributed by atoms with van der Waals surface area (Å²) in [4.78, 5) is 0. The molecule has 0 aromatic carbocycles. The van der Waals surface area contributed by atoms with Crippen LogP contribution in [-0.4, -0.2) is 36.5 Å². The lowest BCUT2D eigenvalue weighted by molar-refractivity contribution is -0.0769. The Kier molecular flexibility index (Phi) is 6.10. The number of rotatable bonds is 5. The van der Waals surface area contributed by atoms with Crippen molar-refractivity contribution in [2.24, 2.45) is 29.1 Å². The lowest BCUT2D eigenvalue weighted by Gasteiger charge is -2.63. The van der Waals surface area contributed by atoms with E-state index in [0.717, 1.165) is 30.1 Å². The topological polar surface area (TPSA) is 24.1 Å². The second kappa shape index (κ2) is 9.05. The van der Waals surface area contributed by atoms with Crippen molar-refractivity contribution in [2.45, 2.75) is 81.4 Å². The molecule has 6 fully saturated rings. The third-order valence-corrected chi connectivity index (χ3v) is 12.8. The second-order valence-corrected chi connectivity index (χ2v) is 14.4. The molecule has 2 nitrogen and oxygen atoms in total. The highest BCUT2D eigenvalue weighted by Crippen LogP contribution is 2.68. The molecule has 4 bridgehead atoms. The van der Waals surface area contributed by atoms with E-state index in [1.54, 1.807) is 11.1 Å². The first-order valence-corrected chi connectivity index (χ1v) is 16.0. The lowest BCUT2D eigenvalue weighted by Crippen LogP contribution is -2.59. The predicted octanol–water partition coefficient (Wildman–Crippen LogP) is 6.10. The van der Waals surface area contributed by atoms with E-state index in [-0.39, 0.29) is 5.16 Å². The standard InChI is InChI=1S/C31H44N2P2/c34-19-27-24-13-20-12-21(14-24)18-30(27,17-20)25-15-23(22-6-2-1-3-7-22)16-26(25)31(35,28-8-4-10-32-28)29-9-5-11-33-29/h1-3,6,15-16,20-21,24,27-29,32-33H,4-5,7-14,17-19,34-35H2. The van der Waals surface area contributed by atoms with Crippen LogP contribution < -0.4 is 10.6 Å². The lowest BCUT2D eigenvalue weighted by atomic mass is 9.43. The molecule has 4 heteroatoms. The quantitative estimate of drug-likeness (QED) is 0.440. The summed E-state index contributed by atoms with van der Waals surface area (Å²) in [6.07, 6.45) is 29.5. The summed E-state index contributed by atoms with van der Waals surface area (Å²) in [5.74, 6) is 3.71. The van der Waals surface area contributed by atoms with E-state index in [1.807, 2.05) is 0 Å². The highest BCUT2D eigenvalue weighted by atomic mass is 31.0. The maximum atomic E-state index is 3.99. The van der Waals surface area contributed by atoms with Gasteiger partial charge in [0.15, 0.2) is 0 Å². The van der Waals surface area contributed by atoms with Crippen LogP contribution in [0, 0.1) is 29.1 Å². The van der Waals surface area contributed by atoms with Gasteiger partial charge in [-0.1, -0.05) is 36.5 Å². The Hall–Kier alpha value is -0.520. The molecule has 2 saturated heterocycles. The summed E-state index contributed by atoms with van der Waals surface area (Å²) in [7, 11) is 6.71. The van der Waals surface area contributed by atoms with Crippen LogP contribution in [0.1, 0.15) is 64.2 Å². The minimum atomic E-state index is 0.0735. The molecule has 4 saturated carbocycles. The van der Waals surface area contributed by atoms with Crippen molar-refractivity contribution in [1.29, 1.82) is 0 Å². The molecule has 8 aliphatic rings. The van der Waals surface area contributed by atoms with Gasteiger partial charge in [0.05, 0.1) is 0 Å². The Bertz CT molecular complexity index is 971. The van der Waals surface area contributed by atoms with Crippen LogP contribution in [0.4, 0.5) is 0 Å². The molecule has 8 rings (SSSR count). The molecular weight excluding hydrogens is 462 g/mol. The first-order chi connectivity index (χ1) is 17.1. The van der Waals surface area contributed by atoms with Gasteiger partial charge in [0, 0.05) is 17.2 Å². The van der Waals surface area contributed by atoms with E-state index in [1.165, 1.54) is 88.2 Å². The first-order valence-electron chi connectivity index (χ1n) is 14.6. The van der Waals surface area contributed by atoms with Gasteiger partial charge in [0.1, 0.15) is 0 Å². The second-order valence-electron chi connectivity index (χ2n) is 12.9. The van der Waals surface area contributed by atoms with Gasteiger partial charge in [0.2, 0.25) is 0 Å². The molecule has 0 radical (unpaired) electrons. The highest BCUT2D eigenvalue weighted by molar-refractivity contribution is 7.19. The minimum Gasteiger partial charge on any atom is -0.313 e. The fourth-order valence-electron chi connectivity index (χ4n) is 9.98. The van der Waals surface area contributed by atoms with Crippen LogP contribution >= 0.6 is 18.5 Å². The third-order valence-electron chi connectivity index (χ3n) is 11.2. The normalized spacial score (nSPS) is 45.8. The molecular formula is C31H44N2P2. The molecule has 35 heavy (non-hydrogen) atoms. The van der Waals surface area contributed by atoms with Crippen molar-refractivity contribution in [2.75, 3.05) is 19.3 Å². The minimum absolute atomic E-state index is 0.0735. The Labute approximate surface area is 217 Å². The Balaban J connectivity index is 1.40. The van der Waals surface area contributed by atoms with E-state index in [2.05, 4.69) is 65.6 Å². The predicted molar refractivity (Wildman–Crippen MR) is 155 cm³/mol. The van der Waals surface area contributed by atoms with E-state index < -0.39 is 0 Å². The van der Waals surface area contributed by atoms with E-state index in [9.17, 15) is 0 Å². The smallest absolute Gasteiger partial charge is 0.0405 e. The van der Waals surface area contributed by atoms with E-state index >= 15 is 0 Å². The zero-order chi connectivity index (χ0) is 23.6. The SMILES string of the molecule is PCC1C2CC3CC(C2)CC1(C1=CC(=C2C=CC=CC2)C=C1C(P)(C1CCCN1)C1CCCN1)C3. The molecule has 0 aromatic heterocycles. The van der Waals surface area contributed by atoms with Crippen LogP contribution in [0.15, 0.2) is 58.7 Å². The van der Waals surface area contributed by atoms with Gasteiger partial charge in [-0.25, -0.2) is 0 Å². The molecule has 0 aromatic rings. The van der Waals surface area contributed by atoms with Crippen LogP contribution in [0.25, 0.3) is 0 Å². The number of hydrogen-bond donors (Lipinski definition) is 2. The average Bonchev–Trinajstić information content (AvgIpc) is 3.66. The van der Waals surface area contributed by atoms with Crippen LogP contribution in [0.5, 0.6) is 0 Å². The van der Waals surface area contributed by atoms with Crippen molar-refractivity contribution in [3.05, 3.63) is 58.7 Å². The monoisotopic (exact) mass is 506 g/mol. The Morgan fingerprint density at radius 1 is 0.943 bits per heavy atom. The van der Waals surface area contributed by atoms with E-state index in [4.69, 9.17) is 0 Å². The molecule has 188 valence electrons. The molecule has 6 aliphatic carbocycles. The van der Waals surface area contributed by atoms with Gasteiger partial charge in [-0.05, 0) is 135 Å². The summed E-state index contributed by atoms with van der Waals surface area (Å²) in [6.45, 7) is 2.35. The summed E-state index contributed by atoms with van der Waals surface area (Å²) < 4.78 is 0. The van der Waals surface area contributed by atoms with Crippen LogP contribution in [-0.2, 0) is 0 Å². The molecule has 2 aliphatic heterocycles. The van der Waals surface area contributed by atoms with Crippen molar-refractivity contribution in [3.63, 3.8) is 0 Å². The van der Waals surface area contributed by atoms with Gasteiger partial charge in [-0.3, -0.25) is 0 Å². The molecule has 0 amide bonds. The van der Waals surface area contributed by atoms with Gasteiger partial charge < -0.3 is 10.6 Å². The Morgan fingerprint density at radius 2 is 1.66 bits per heavy atom. The Morgan fingerprint density at radius 3 is 2.23 bits per heavy atom. The average molecular weight is 507 g/mol. The summed E-state index contributed by atoms with van der Waals surface area (Å²) in [6, 6.07) is 1.10. The molecule has 0 spiro atoms. The van der Waals surface area contributed by atoms with Crippen molar-refractivity contribution >= 4 is 18.5 Å². The zero-order valence-electron chi connectivity index (χ0n) is 21.3. The van der Waals surface area contributed by atoms with Crippen molar-refractivity contribution in [1.82, 2.24) is 10.6 Å². The molecule has 2 N–H and O–H groups in total. The fourth-order valence-corrected chi connectivity index (χ4v) is 11.6. The van der Waals surface area contributed by atoms with Crippen LogP contribution in [0.3, 0.4) is 0 Å². The molecule has 7 unspecified atom stereocenters. The number of nitrogens with one attached hydrogen (secondary N) is 2. The van der Waals surface area contributed by atoms with Crippen molar-refractivity contribution < 1.29 is 0 Å². The maximum Gasteiger partial charge on any atom is 0.0405 e. The number of hydrogen-bond acceptors (Lipinski definition) is 2. The van der Waals surface area contributed by atoms with Gasteiger partial charge in [0.25, 0.3) is 0 Å². The zero-order valence-corrected chi connectivity index (χ0v) is 23.6. The summed E-state index contributed by atoms with van der Waals surface area (Å²) in [5, 5.41) is 8.05. The van der Waals surface area contributed by atoms with Gasteiger partial charge >= 0.3 is 0 Å². The van der Waals surface area contributed by atoms with Gasteiger partial charge in [-0.2, -0.15) is 0 Å². The highest BCUT2D eigenvalue weighted by Gasteiger charge is 2.60. The third kappa shape index (κ3) is 3.64. The molecule has 2 heterocycles. The largest absolute Gasteiger partial charge is 0.313 e. The molecule has 7 atom stereocenters. The first kappa shape index (κ1) is 23.6. The summed E-state index contributed by atoms with van der Waals surface area (Å²) in [5.41, 5.74) is 6.87. The van der Waals surface area contributed by atoms with Crippen LogP contribution in [0.2, 0.25) is 0 Å². The maximum absolute atomic E-state index is 3.99. The number of allylic oxidation sites excluding steroid dienone is 9. The van der Waals surface area contributed by atoms with E-state index in [0.29, 0.717) is 17.5 Å².